The number of halogens is 2. The first-order valence-corrected chi connectivity index (χ1v) is 7.12. The monoisotopic (exact) mass is 339 g/mol. The van der Waals surface area contributed by atoms with E-state index in [0.29, 0.717) is 0 Å². The SMILES string of the molecule is CN(Cc1ccc(Cl)cc1)c1cc(Br)ccc1CO. The number of nitrogens with zero attached hydrogens (tertiary/aromatic N) is 1. The molecule has 0 fully saturated rings. The summed E-state index contributed by atoms with van der Waals surface area (Å²) in [6, 6.07) is 13.7. The summed E-state index contributed by atoms with van der Waals surface area (Å²) in [5.74, 6) is 0. The zero-order chi connectivity index (χ0) is 13.8. The summed E-state index contributed by atoms with van der Waals surface area (Å²) in [6.07, 6.45) is 0. The summed E-state index contributed by atoms with van der Waals surface area (Å²) in [5.41, 5.74) is 3.11. The minimum absolute atomic E-state index is 0.0353. The van der Waals surface area contributed by atoms with Gasteiger partial charge in [0.2, 0.25) is 0 Å². The molecule has 0 atom stereocenters. The molecule has 0 amide bonds. The van der Waals surface area contributed by atoms with Gasteiger partial charge < -0.3 is 10.0 Å². The van der Waals surface area contributed by atoms with E-state index < -0.39 is 0 Å². The second-order valence-corrected chi connectivity index (χ2v) is 5.77. The Hall–Kier alpha value is -1.03. The number of rotatable bonds is 4. The Bertz CT molecular complexity index is 557. The maximum absolute atomic E-state index is 9.40. The third-order valence-electron chi connectivity index (χ3n) is 2.96. The lowest BCUT2D eigenvalue weighted by molar-refractivity contribution is 0.282. The van der Waals surface area contributed by atoms with Gasteiger partial charge in [-0.05, 0) is 29.8 Å². The van der Waals surface area contributed by atoms with Gasteiger partial charge in [0, 0.05) is 34.3 Å². The quantitative estimate of drug-likeness (QED) is 0.900. The van der Waals surface area contributed by atoms with Gasteiger partial charge in [-0.2, -0.15) is 0 Å². The Kier molecular flexibility index (Phi) is 4.86. The molecule has 0 bridgehead atoms. The predicted octanol–water partition coefficient (Wildman–Crippen LogP) is 4.23. The minimum atomic E-state index is 0.0353. The lowest BCUT2D eigenvalue weighted by Crippen LogP contribution is -2.18. The van der Waals surface area contributed by atoms with Crippen LogP contribution in [0.15, 0.2) is 46.9 Å². The molecule has 0 aliphatic carbocycles. The Morgan fingerprint density at radius 2 is 1.84 bits per heavy atom. The van der Waals surface area contributed by atoms with Crippen molar-refractivity contribution in [3.63, 3.8) is 0 Å². The smallest absolute Gasteiger partial charge is 0.0702 e. The summed E-state index contributed by atoms with van der Waals surface area (Å²) in [4.78, 5) is 2.11. The lowest BCUT2D eigenvalue weighted by Gasteiger charge is -2.22. The Morgan fingerprint density at radius 3 is 2.47 bits per heavy atom. The molecule has 1 N–H and O–H groups in total. The molecule has 0 aliphatic heterocycles. The molecule has 2 aromatic rings. The van der Waals surface area contributed by atoms with Crippen molar-refractivity contribution >= 4 is 33.2 Å². The Labute approximate surface area is 126 Å². The molecule has 0 aromatic heterocycles. The molecule has 0 unspecified atom stereocenters. The lowest BCUT2D eigenvalue weighted by atomic mass is 10.1. The van der Waals surface area contributed by atoms with Crippen molar-refractivity contribution in [1.29, 1.82) is 0 Å². The summed E-state index contributed by atoms with van der Waals surface area (Å²) in [5, 5.41) is 10.1. The maximum Gasteiger partial charge on any atom is 0.0702 e. The van der Waals surface area contributed by atoms with Crippen LogP contribution in [0.2, 0.25) is 5.02 Å². The second-order valence-electron chi connectivity index (χ2n) is 4.41. The Morgan fingerprint density at radius 1 is 1.16 bits per heavy atom. The van der Waals surface area contributed by atoms with Gasteiger partial charge in [-0.25, -0.2) is 0 Å². The van der Waals surface area contributed by atoms with Crippen LogP contribution in [0.3, 0.4) is 0 Å². The van der Waals surface area contributed by atoms with E-state index in [1.807, 2.05) is 49.5 Å². The van der Waals surface area contributed by atoms with E-state index in [1.165, 1.54) is 5.56 Å². The highest BCUT2D eigenvalue weighted by Crippen LogP contribution is 2.26. The summed E-state index contributed by atoms with van der Waals surface area (Å²) in [6.45, 7) is 0.800. The van der Waals surface area contributed by atoms with Crippen LogP contribution in [0.4, 0.5) is 5.69 Å². The first-order valence-electron chi connectivity index (χ1n) is 5.95. The van der Waals surface area contributed by atoms with Crippen molar-refractivity contribution in [3.8, 4) is 0 Å². The number of aliphatic hydroxyl groups is 1. The molecule has 0 saturated heterocycles. The van der Waals surface area contributed by atoms with E-state index >= 15 is 0 Å². The molecule has 0 spiro atoms. The van der Waals surface area contributed by atoms with Gasteiger partial charge in [-0.3, -0.25) is 0 Å². The van der Waals surface area contributed by atoms with Gasteiger partial charge in [-0.15, -0.1) is 0 Å². The minimum Gasteiger partial charge on any atom is -0.392 e. The number of hydrogen-bond acceptors (Lipinski definition) is 2. The second kappa shape index (κ2) is 6.42. The first-order chi connectivity index (χ1) is 9.10. The van der Waals surface area contributed by atoms with Crippen LogP contribution in [-0.2, 0) is 13.2 Å². The summed E-state index contributed by atoms with van der Waals surface area (Å²) in [7, 11) is 2.01. The molecule has 0 saturated carbocycles. The normalized spacial score (nSPS) is 10.5. The van der Waals surface area contributed by atoms with Crippen molar-refractivity contribution in [2.45, 2.75) is 13.2 Å². The number of hydrogen-bond donors (Lipinski definition) is 1. The fourth-order valence-corrected chi connectivity index (χ4v) is 2.45. The van der Waals surface area contributed by atoms with E-state index in [1.54, 1.807) is 0 Å². The van der Waals surface area contributed by atoms with Crippen molar-refractivity contribution in [3.05, 3.63) is 63.1 Å². The molecule has 2 nitrogen and oxygen atoms in total. The highest BCUT2D eigenvalue weighted by molar-refractivity contribution is 9.10. The fraction of sp³-hybridized carbons (Fsp3) is 0.200. The van der Waals surface area contributed by atoms with Crippen molar-refractivity contribution in [1.82, 2.24) is 0 Å². The summed E-state index contributed by atoms with van der Waals surface area (Å²) >= 11 is 9.34. The average molecular weight is 341 g/mol. The van der Waals surface area contributed by atoms with Gasteiger partial charge >= 0.3 is 0 Å². The predicted molar refractivity (Wildman–Crippen MR) is 83.6 cm³/mol. The van der Waals surface area contributed by atoms with Gasteiger partial charge in [0.1, 0.15) is 0 Å². The van der Waals surface area contributed by atoms with Crippen molar-refractivity contribution in [2.75, 3.05) is 11.9 Å². The van der Waals surface area contributed by atoms with E-state index in [-0.39, 0.29) is 6.61 Å². The fourth-order valence-electron chi connectivity index (χ4n) is 1.97. The zero-order valence-corrected chi connectivity index (χ0v) is 12.9. The molecule has 100 valence electrons. The van der Waals surface area contributed by atoms with E-state index in [0.717, 1.165) is 27.3 Å². The summed E-state index contributed by atoms with van der Waals surface area (Å²) < 4.78 is 1.00. The van der Waals surface area contributed by atoms with E-state index in [2.05, 4.69) is 20.8 Å². The molecule has 4 heteroatoms. The topological polar surface area (TPSA) is 23.5 Å². The third-order valence-corrected chi connectivity index (χ3v) is 3.71. The van der Waals surface area contributed by atoms with Crippen LogP contribution in [0.1, 0.15) is 11.1 Å². The van der Waals surface area contributed by atoms with Crippen LogP contribution in [0, 0.1) is 0 Å². The Balaban J connectivity index is 2.21. The van der Waals surface area contributed by atoms with Gasteiger partial charge in [0.05, 0.1) is 6.61 Å². The molecule has 0 heterocycles. The molecule has 0 radical (unpaired) electrons. The molecule has 2 aromatic carbocycles. The van der Waals surface area contributed by atoms with Crippen LogP contribution in [0.5, 0.6) is 0 Å². The highest BCUT2D eigenvalue weighted by atomic mass is 79.9. The average Bonchev–Trinajstić information content (AvgIpc) is 2.41. The molecular weight excluding hydrogens is 326 g/mol. The van der Waals surface area contributed by atoms with Crippen LogP contribution >= 0.6 is 27.5 Å². The molecule has 19 heavy (non-hydrogen) atoms. The third kappa shape index (κ3) is 3.72. The number of benzene rings is 2. The highest BCUT2D eigenvalue weighted by Gasteiger charge is 2.08. The van der Waals surface area contributed by atoms with Crippen LogP contribution < -0.4 is 4.90 Å². The van der Waals surface area contributed by atoms with Crippen molar-refractivity contribution in [2.24, 2.45) is 0 Å². The van der Waals surface area contributed by atoms with E-state index in [4.69, 9.17) is 11.6 Å². The van der Waals surface area contributed by atoms with Gasteiger partial charge in [0.25, 0.3) is 0 Å². The molecular formula is C15H15BrClNO. The number of anilines is 1. The zero-order valence-electron chi connectivity index (χ0n) is 10.6. The van der Waals surface area contributed by atoms with Crippen LogP contribution in [0.25, 0.3) is 0 Å². The first kappa shape index (κ1) is 14.4. The largest absolute Gasteiger partial charge is 0.392 e. The standard InChI is InChI=1S/C15H15BrClNO/c1-18(9-11-2-6-14(17)7-3-11)15-8-13(16)5-4-12(15)10-19/h2-8,19H,9-10H2,1H3. The molecule has 2 rings (SSSR count). The number of aliphatic hydroxyl groups excluding tert-OH is 1. The van der Waals surface area contributed by atoms with Crippen molar-refractivity contribution < 1.29 is 5.11 Å². The molecule has 0 aliphatic rings. The van der Waals surface area contributed by atoms with Crippen LogP contribution in [-0.4, -0.2) is 12.2 Å². The van der Waals surface area contributed by atoms with Gasteiger partial charge in [0.15, 0.2) is 0 Å². The maximum atomic E-state index is 9.40. The van der Waals surface area contributed by atoms with E-state index in [9.17, 15) is 5.11 Å². The van der Waals surface area contributed by atoms with Gasteiger partial charge in [-0.1, -0.05) is 45.7 Å².